The highest BCUT2D eigenvalue weighted by molar-refractivity contribution is 5.77. The van der Waals surface area contributed by atoms with Gasteiger partial charge in [-0.25, -0.2) is 9.78 Å². The molecular formula is C25H29F3N6O3. The number of nitrogens with one attached hydrogen (secondary N) is 1. The quantitative estimate of drug-likeness (QED) is 0.629. The molecule has 0 radical (unpaired) electrons. The SMILES string of the molecule is O=C(N1CC2(CC(Cc3ccc(OC(F)(F)F)cn3)C2)C1)N1CC2(CC(c3nc(C4(O)CC4)n[nH]3)C2)C1. The normalized spacial score (nSPS) is 25.3. The van der Waals surface area contributed by atoms with E-state index in [-0.39, 0.29) is 22.6 Å². The number of nitrogens with zero attached hydrogens (tertiary/aromatic N) is 5. The maximum Gasteiger partial charge on any atom is 0.573 e. The Morgan fingerprint density at radius 2 is 1.73 bits per heavy atom. The molecule has 198 valence electrons. The number of aliphatic hydroxyl groups is 1. The third-order valence-electron chi connectivity index (χ3n) is 9.01. The molecule has 0 bridgehead atoms. The first-order valence-corrected chi connectivity index (χ1v) is 12.9. The van der Waals surface area contributed by atoms with Gasteiger partial charge in [0.2, 0.25) is 0 Å². The molecule has 2 amide bonds. The molecule has 2 aliphatic heterocycles. The molecule has 0 aromatic carbocycles. The Bertz CT molecular complexity index is 1200. The number of urea groups is 1. The summed E-state index contributed by atoms with van der Waals surface area (Å²) in [6.45, 7) is 3.15. The number of pyridine rings is 1. The highest BCUT2D eigenvalue weighted by Crippen LogP contribution is 2.57. The zero-order valence-corrected chi connectivity index (χ0v) is 20.3. The van der Waals surface area contributed by atoms with E-state index in [1.54, 1.807) is 6.07 Å². The fraction of sp³-hybridized carbons (Fsp3) is 0.680. The van der Waals surface area contributed by atoms with Gasteiger partial charge in [0.25, 0.3) is 0 Å². The number of likely N-dealkylation sites (tertiary alicyclic amines) is 2. The Hall–Kier alpha value is -2.89. The van der Waals surface area contributed by atoms with E-state index in [1.807, 2.05) is 9.80 Å². The minimum Gasteiger partial charge on any atom is -0.404 e. The molecule has 2 saturated heterocycles. The Balaban J connectivity index is 0.829. The third kappa shape index (κ3) is 4.13. The summed E-state index contributed by atoms with van der Waals surface area (Å²) < 4.78 is 40.7. The van der Waals surface area contributed by atoms with E-state index in [0.717, 1.165) is 88.8 Å². The number of alkyl halides is 3. The summed E-state index contributed by atoms with van der Waals surface area (Å²) in [5, 5.41) is 17.4. The van der Waals surface area contributed by atoms with Gasteiger partial charge in [0, 0.05) is 48.6 Å². The largest absolute Gasteiger partial charge is 0.573 e. The van der Waals surface area contributed by atoms with Gasteiger partial charge in [-0.3, -0.25) is 10.1 Å². The van der Waals surface area contributed by atoms with Crippen LogP contribution in [-0.4, -0.2) is 73.6 Å². The molecule has 2 aromatic heterocycles. The average molecular weight is 519 g/mol. The van der Waals surface area contributed by atoms with Crippen LogP contribution in [0.5, 0.6) is 5.75 Å². The summed E-state index contributed by atoms with van der Waals surface area (Å²) in [4.78, 5) is 25.5. The number of carbonyl (C=O) groups is 1. The second kappa shape index (κ2) is 7.58. The van der Waals surface area contributed by atoms with Crippen LogP contribution >= 0.6 is 0 Å². The Morgan fingerprint density at radius 1 is 1.08 bits per heavy atom. The summed E-state index contributed by atoms with van der Waals surface area (Å²) in [5.74, 6) is 1.83. The highest BCUT2D eigenvalue weighted by atomic mass is 19.4. The Morgan fingerprint density at radius 3 is 2.30 bits per heavy atom. The van der Waals surface area contributed by atoms with Gasteiger partial charge in [0.1, 0.15) is 17.2 Å². The van der Waals surface area contributed by atoms with Crippen LogP contribution in [0, 0.1) is 16.7 Å². The molecule has 4 heterocycles. The van der Waals surface area contributed by atoms with Crippen LogP contribution in [0.25, 0.3) is 0 Å². The van der Waals surface area contributed by atoms with Gasteiger partial charge in [0.15, 0.2) is 5.82 Å². The monoisotopic (exact) mass is 518 g/mol. The lowest BCUT2D eigenvalue weighted by Crippen LogP contribution is -2.71. The minimum atomic E-state index is -4.71. The zero-order valence-electron chi connectivity index (χ0n) is 20.3. The molecule has 3 saturated carbocycles. The van der Waals surface area contributed by atoms with Crippen molar-refractivity contribution in [2.75, 3.05) is 26.2 Å². The van der Waals surface area contributed by atoms with Crippen LogP contribution in [-0.2, 0) is 12.0 Å². The number of carbonyl (C=O) groups excluding carboxylic acids is 1. The van der Waals surface area contributed by atoms with E-state index in [4.69, 9.17) is 0 Å². The lowest BCUT2D eigenvalue weighted by Gasteiger charge is -2.63. The lowest BCUT2D eigenvalue weighted by atomic mass is 9.56. The maximum atomic E-state index is 12.9. The molecule has 0 unspecified atom stereocenters. The van der Waals surface area contributed by atoms with Gasteiger partial charge in [-0.05, 0) is 63.0 Å². The van der Waals surface area contributed by atoms with Gasteiger partial charge in [0.05, 0.1) is 6.20 Å². The molecule has 0 atom stereocenters. The molecule has 2 N–H and O–H groups in total. The standard InChI is InChI=1S/C25H29F3N6O3/c26-25(27,28)37-18-2-1-17(29-10-18)5-15-6-22(7-15)11-33(12-22)21(35)34-13-23(14-34)8-16(9-23)19-30-20(32-31-19)24(36)3-4-24/h1-2,10,15-16,36H,3-9,11-14H2,(H,30,31,32). The van der Waals surface area contributed by atoms with E-state index in [9.17, 15) is 23.1 Å². The van der Waals surface area contributed by atoms with E-state index in [2.05, 4.69) is 24.9 Å². The van der Waals surface area contributed by atoms with Crippen molar-refractivity contribution in [2.45, 2.75) is 62.8 Å². The van der Waals surface area contributed by atoms with Crippen molar-refractivity contribution in [1.29, 1.82) is 0 Å². The van der Waals surface area contributed by atoms with Gasteiger partial charge >= 0.3 is 12.4 Å². The number of aromatic amines is 1. The number of hydrogen-bond acceptors (Lipinski definition) is 6. The van der Waals surface area contributed by atoms with Crippen molar-refractivity contribution in [3.63, 3.8) is 0 Å². The molecule has 2 aromatic rings. The van der Waals surface area contributed by atoms with Crippen LogP contribution in [0.15, 0.2) is 18.3 Å². The van der Waals surface area contributed by atoms with Crippen molar-refractivity contribution in [1.82, 2.24) is 30.0 Å². The first kappa shape index (κ1) is 23.2. The van der Waals surface area contributed by atoms with Gasteiger partial charge in [-0.1, -0.05) is 0 Å². The van der Waals surface area contributed by atoms with E-state index < -0.39 is 12.0 Å². The second-order valence-electron chi connectivity index (χ2n) is 12.2. The summed E-state index contributed by atoms with van der Waals surface area (Å²) >= 11 is 0. The first-order chi connectivity index (χ1) is 17.5. The number of halogens is 3. The average Bonchev–Trinajstić information content (AvgIpc) is 3.27. The molecule has 12 heteroatoms. The summed E-state index contributed by atoms with van der Waals surface area (Å²) in [5.41, 5.74) is 0.333. The number of ether oxygens (including phenoxy) is 1. The molecular weight excluding hydrogens is 489 g/mol. The smallest absolute Gasteiger partial charge is 0.404 e. The van der Waals surface area contributed by atoms with Crippen molar-refractivity contribution < 1.29 is 27.8 Å². The molecule has 5 fully saturated rings. The predicted molar refractivity (Wildman–Crippen MR) is 122 cm³/mol. The number of H-pyrrole nitrogens is 1. The highest BCUT2D eigenvalue weighted by Gasteiger charge is 2.59. The van der Waals surface area contributed by atoms with Crippen molar-refractivity contribution >= 4 is 6.03 Å². The minimum absolute atomic E-state index is 0.128. The van der Waals surface area contributed by atoms with Crippen LogP contribution in [0.4, 0.5) is 18.0 Å². The summed E-state index contributed by atoms with van der Waals surface area (Å²) in [6.07, 6.45) is 2.59. The maximum absolute atomic E-state index is 12.9. The number of rotatable bonds is 5. The first-order valence-electron chi connectivity index (χ1n) is 12.9. The van der Waals surface area contributed by atoms with E-state index >= 15 is 0 Å². The summed E-state index contributed by atoms with van der Waals surface area (Å²) in [6, 6.07) is 3.02. The van der Waals surface area contributed by atoms with Crippen LogP contribution < -0.4 is 4.74 Å². The Labute approximate surface area is 211 Å². The third-order valence-corrected chi connectivity index (χ3v) is 9.01. The fourth-order valence-electron chi connectivity index (χ4n) is 7.03. The number of hydrogen-bond donors (Lipinski definition) is 2. The molecule has 37 heavy (non-hydrogen) atoms. The van der Waals surface area contributed by atoms with Crippen molar-refractivity contribution in [2.24, 2.45) is 16.7 Å². The lowest BCUT2D eigenvalue weighted by molar-refractivity contribution is -0.274. The molecule has 7 rings (SSSR count). The molecule has 3 aliphatic carbocycles. The van der Waals surface area contributed by atoms with Crippen LogP contribution in [0.3, 0.4) is 0 Å². The van der Waals surface area contributed by atoms with Crippen LogP contribution in [0.1, 0.15) is 61.8 Å². The van der Waals surface area contributed by atoms with Gasteiger partial charge in [-0.15, -0.1) is 13.2 Å². The van der Waals surface area contributed by atoms with E-state index in [0.29, 0.717) is 17.7 Å². The topological polar surface area (TPSA) is 107 Å². The zero-order chi connectivity index (χ0) is 25.6. The van der Waals surface area contributed by atoms with Crippen molar-refractivity contribution in [3.05, 3.63) is 35.7 Å². The summed E-state index contributed by atoms with van der Waals surface area (Å²) in [7, 11) is 0. The molecule has 2 spiro atoms. The predicted octanol–water partition coefficient (Wildman–Crippen LogP) is 3.33. The number of aromatic nitrogens is 4. The fourth-order valence-corrected chi connectivity index (χ4v) is 7.03. The van der Waals surface area contributed by atoms with E-state index in [1.165, 1.54) is 6.07 Å². The number of amides is 2. The van der Waals surface area contributed by atoms with Crippen molar-refractivity contribution in [3.8, 4) is 5.75 Å². The van der Waals surface area contributed by atoms with Crippen LogP contribution in [0.2, 0.25) is 0 Å². The second-order valence-corrected chi connectivity index (χ2v) is 12.2. The van der Waals surface area contributed by atoms with Gasteiger partial charge < -0.3 is 19.6 Å². The molecule has 9 nitrogen and oxygen atoms in total. The Kier molecular flexibility index (Phi) is 4.76. The molecule has 5 aliphatic rings. The van der Waals surface area contributed by atoms with Gasteiger partial charge in [-0.2, -0.15) is 5.10 Å².